The van der Waals surface area contributed by atoms with Crippen LogP contribution in [0, 0.1) is 0 Å². The van der Waals surface area contributed by atoms with Crippen molar-refractivity contribution in [3.63, 3.8) is 0 Å². The summed E-state index contributed by atoms with van der Waals surface area (Å²) >= 11 is 10.3. The molecule has 3 heterocycles. The molecule has 0 fully saturated rings. The highest BCUT2D eigenvalue weighted by atomic mass is 79.9. The van der Waals surface area contributed by atoms with Gasteiger partial charge < -0.3 is 13.3 Å². The van der Waals surface area contributed by atoms with Gasteiger partial charge in [-0.25, -0.2) is 0 Å². The van der Waals surface area contributed by atoms with E-state index >= 15 is 0 Å². The molecule has 0 atom stereocenters. The lowest BCUT2D eigenvalue weighted by molar-refractivity contribution is 0.507. The summed E-state index contributed by atoms with van der Waals surface area (Å²) < 4.78 is 19.0. The minimum absolute atomic E-state index is 0.616. The highest BCUT2D eigenvalue weighted by molar-refractivity contribution is 9.11. The summed E-state index contributed by atoms with van der Waals surface area (Å²) in [6, 6.07) is 5.47. The van der Waals surface area contributed by atoms with E-state index in [2.05, 4.69) is 47.8 Å². The van der Waals surface area contributed by atoms with Crippen molar-refractivity contribution in [3.05, 3.63) is 44.1 Å². The van der Waals surface area contributed by atoms with Gasteiger partial charge in [-0.15, -0.1) is 0 Å². The molecule has 0 bridgehead atoms. The molecule has 3 rings (SSSR count). The zero-order valence-corrected chi connectivity index (χ0v) is 13.5. The molecular weight excluding hydrogens is 432 g/mol. The molecule has 18 heavy (non-hydrogen) atoms. The molecule has 0 saturated heterocycles. The highest BCUT2D eigenvalue weighted by Crippen LogP contribution is 2.41. The average molecular weight is 437 g/mol. The van der Waals surface area contributed by atoms with Gasteiger partial charge in [0.1, 0.15) is 0 Å². The topological polar surface area (TPSA) is 39.4 Å². The largest absolute Gasteiger partial charge is 0.460 e. The number of rotatable bonds is 2. The van der Waals surface area contributed by atoms with Crippen molar-refractivity contribution in [2.24, 2.45) is 0 Å². The summed E-state index contributed by atoms with van der Waals surface area (Å²) in [5.41, 5.74) is 0. The maximum Gasteiger partial charge on any atom is 0.185 e. The fourth-order valence-corrected chi connectivity index (χ4v) is 2.81. The van der Waals surface area contributed by atoms with Gasteiger partial charge >= 0.3 is 0 Å². The maximum absolute atomic E-state index is 5.77. The minimum Gasteiger partial charge on any atom is -0.460 e. The average Bonchev–Trinajstić information content (AvgIpc) is 3.00. The Kier molecular flexibility index (Phi) is 3.25. The van der Waals surface area contributed by atoms with Crippen molar-refractivity contribution in [1.29, 1.82) is 0 Å². The third kappa shape index (κ3) is 2.02. The molecule has 0 aromatic carbocycles. The second-order valence-electron chi connectivity index (χ2n) is 3.48. The Morgan fingerprint density at radius 2 is 1.33 bits per heavy atom. The SMILES string of the molecule is Brc1ccoc1-c1cc(Br)c(-c2occc2Br)o1. The lowest BCUT2D eigenvalue weighted by Crippen LogP contribution is -1.70. The Morgan fingerprint density at radius 3 is 1.89 bits per heavy atom. The van der Waals surface area contributed by atoms with Crippen LogP contribution in [0.1, 0.15) is 0 Å². The van der Waals surface area contributed by atoms with Crippen molar-refractivity contribution in [2.75, 3.05) is 0 Å². The highest BCUT2D eigenvalue weighted by Gasteiger charge is 2.20. The molecule has 0 amide bonds. The zero-order valence-electron chi connectivity index (χ0n) is 8.75. The van der Waals surface area contributed by atoms with E-state index in [0.29, 0.717) is 23.0 Å². The molecular formula is C12H5Br3O3. The number of halogens is 3. The molecule has 92 valence electrons. The van der Waals surface area contributed by atoms with Gasteiger partial charge in [-0.05, 0) is 59.9 Å². The molecule has 0 saturated carbocycles. The van der Waals surface area contributed by atoms with E-state index in [-0.39, 0.29) is 0 Å². The van der Waals surface area contributed by atoms with Crippen molar-refractivity contribution >= 4 is 47.8 Å². The van der Waals surface area contributed by atoms with Crippen molar-refractivity contribution in [1.82, 2.24) is 0 Å². The molecule has 0 unspecified atom stereocenters. The van der Waals surface area contributed by atoms with Gasteiger partial charge in [0.15, 0.2) is 23.0 Å². The van der Waals surface area contributed by atoms with Gasteiger partial charge in [0.2, 0.25) is 0 Å². The van der Waals surface area contributed by atoms with Crippen molar-refractivity contribution < 1.29 is 13.3 Å². The van der Waals surface area contributed by atoms with Crippen LogP contribution in [0.4, 0.5) is 0 Å². The second-order valence-corrected chi connectivity index (χ2v) is 6.05. The first-order valence-corrected chi connectivity index (χ1v) is 7.31. The fraction of sp³-hybridized carbons (Fsp3) is 0. The molecule has 6 heteroatoms. The third-order valence-corrected chi connectivity index (χ3v) is 4.19. The predicted octanol–water partition coefficient (Wildman–Crippen LogP) is 6.09. The summed E-state index contributed by atoms with van der Waals surface area (Å²) in [4.78, 5) is 0. The first kappa shape index (κ1) is 12.3. The minimum atomic E-state index is 0.616. The maximum atomic E-state index is 5.77. The molecule has 0 spiro atoms. The molecule has 3 aromatic rings. The van der Waals surface area contributed by atoms with Gasteiger partial charge in [0.05, 0.1) is 25.9 Å². The van der Waals surface area contributed by atoms with Gasteiger partial charge in [-0.2, -0.15) is 0 Å². The van der Waals surface area contributed by atoms with E-state index in [1.807, 2.05) is 18.2 Å². The monoisotopic (exact) mass is 434 g/mol. The molecule has 0 N–H and O–H groups in total. The normalized spacial score (nSPS) is 11.1. The summed E-state index contributed by atoms with van der Waals surface area (Å²) in [6.07, 6.45) is 3.19. The van der Waals surface area contributed by atoms with Crippen molar-refractivity contribution in [3.8, 4) is 23.0 Å². The molecule has 0 radical (unpaired) electrons. The summed E-state index contributed by atoms with van der Waals surface area (Å²) in [6.45, 7) is 0. The third-order valence-electron chi connectivity index (χ3n) is 2.35. The van der Waals surface area contributed by atoms with Gasteiger partial charge in [0, 0.05) is 6.07 Å². The lowest BCUT2D eigenvalue weighted by Gasteiger charge is -1.94. The van der Waals surface area contributed by atoms with E-state index < -0.39 is 0 Å². The van der Waals surface area contributed by atoms with Gasteiger partial charge in [0.25, 0.3) is 0 Å². The van der Waals surface area contributed by atoms with Crippen LogP contribution in [0.5, 0.6) is 0 Å². The zero-order chi connectivity index (χ0) is 12.7. The van der Waals surface area contributed by atoms with Crippen molar-refractivity contribution in [2.45, 2.75) is 0 Å². The first-order chi connectivity index (χ1) is 8.66. The Balaban J connectivity index is 2.13. The van der Waals surface area contributed by atoms with Crippen LogP contribution in [0.3, 0.4) is 0 Å². The summed E-state index contributed by atoms with van der Waals surface area (Å²) in [5.74, 6) is 2.52. The molecule has 3 nitrogen and oxygen atoms in total. The smallest absolute Gasteiger partial charge is 0.185 e. The van der Waals surface area contributed by atoms with Gasteiger partial charge in [-0.1, -0.05) is 0 Å². The number of hydrogen-bond acceptors (Lipinski definition) is 3. The van der Waals surface area contributed by atoms with Crippen LogP contribution in [0.25, 0.3) is 23.0 Å². The van der Waals surface area contributed by atoms with Crippen LogP contribution in [0.15, 0.2) is 57.4 Å². The van der Waals surface area contributed by atoms with Gasteiger partial charge in [-0.3, -0.25) is 0 Å². The molecule has 3 aromatic heterocycles. The Bertz CT molecular complexity index is 693. The van der Waals surface area contributed by atoms with Crippen LogP contribution in [-0.4, -0.2) is 0 Å². The predicted molar refractivity (Wildman–Crippen MR) is 77.2 cm³/mol. The second kappa shape index (κ2) is 4.75. The van der Waals surface area contributed by atoms with E-state index in [0.717, 1.165) is 13.4 Å². The quantitative estimate of drug-likeness (QED) is 0.488. The first-order valence-electron chi connectivity index (χ1n) is 4.93. The number of furan rings is 3. The molecule has 0 aliphatic heterocycles. The summed E-state index contributed by atoms with van der Waals surface area (Å²) in [5, 5.41) is 0. The fourth-order valence-electron chi connectivity index (χ4n) is 1.56. The lowest BCUT2D eigenvalue weighted by atomic mass is 10.3. The van der Waals surface area contributed by atoms with E-state index in [1.165, 1.54) is 0 Å². The Morgan fingerprint density at radius 1 is 0.722 bits per heavy atom. The summed E-state index contributed by atoms with van der Waals surface area (Å²) in [7, 11) is 0. The molecule has 0 aliphatic carbocycles. The standard InChI is InChI=1S/C12H5Br3O3/c13-6-1-3-16-10(6)9-5-8(15)12(18-9)11-7(14)2-4-17-11/h1-5H. The van der Waals surface area contributed by atoms with Crippen LogP contribution >= 0.6 is 47.8 Å². The Labute approximate surface area is 128 Å². The van der Waals surface area contributed by atoms with E-state index in [1.54, 1.807) is 12.5 Å². The Hall–Kier alpha value is -0.720. The van der Waals surface area contributed by atoms with E-state index in [4.69, 9.17) is 13.3 Å². The van der Waals surface area contributed by atoms with E-state index in [9.17, 15) is 0 Å². The van der Waals surface area contributed by atoms with Crippen LogP contribution in [0.2, 0.25) is 0 Å². The number of hydrogen-bond donors (Lipinski definition) is 0. The van der Waals surface area contributed by atoms with Crippen LogP contribution < -0.4 is 0 Å². The van der Waals surface area contributed by atoms with Crippen LogP contribution in [-0.2, 0) is 0 Å². The molecule has 0 aliphatic rings.